The Bertz CT molecular complexity index is 598. The van der Waals surface area contributed by atoms with E-state index < -0.39 is 5.60 Å². The van der Waals surface area contributed by atoms with E-state index in [1.54, 1.807) is 0 Å². The van der Waals surface area contributed by atoms with Crippen molar-refractivity contribution in [3.8, 4) is 0 Å². The molecule has 1 aromatic carbocycles. The van der Waals surface area contributed by atoms with Crippen molar-refractivity contribution in [3.63, 3.8) is 0 Å². The minimum absolute atomic E-state index is 0.147. The van der Waals surface area contributed by atoms with Crippen molar-refractivity contribution in [3.05, 3.63) is 47.5 Å². The molecule has 30 heavy (non-hydrogen) atoms. The second-order valence-electron chi connectivity index (χ2n) is 9.16. The number of carbonyl (C=O) groups is 1. The van der Waals surface area contributed by atoms with Gasteiger partial charge in [0, 0.05) is 6.42 Å². The van der Waals surface area contributed by atoms with Gasteiger partial charge in [0.05, 0.1) is 13.2 Å². The lowest BCUT2D eigenvalue weighted by Gasteiger charge is -2.19. The van der Waals surface area contributed by atoms with Crippen LogP contribution in [0.2, 0.25) is 0 Å². The fraction of sp³-hybridized carbons (Fsp3) is 0.667. The smallest absolute Gasteiger partial charge is 0.306 e. The molecule has 0 amide bonds. The third-order valence-corrected chi connectivity index (χ3v) is 4.90. The number of ether oxygens (including phenoxy) is 2. The number of allylic oxidation sites excluding steroid dienone is 1. The zero-order valence-corrected chi connectivity index (χ0v) is 19.9. The van der Waals surface area contributed by atoms with Crippen LogP contribution in [0.4, 0.5) is 0 Å². The lowest BCUT2D eigenvalue weighted by atomic mass is 10.1. The van der Waals surface area contributed by atoms with Crippen LogP contribution in [0.3, 0.4) is 0 Å². The molecule has 0 unspecified atom stereocenters. The molecule has 170 valence electrons. The van der Waals surface area contributed by atoms with Gasteiger partial charge in [-0.2, -0.15) is 0 Å². The molecule has 0 atom stereocenters. The molecule has 0 aromatic heterocycles. The van der Waals surface area contributed by atoms with E-state index in [0.717, 1.165) is 17.5 Å². The van der Waals surface area contributed by atoms with Gasteiger partial charge in [-0.3, -0.25) is 4.79 Å². The molecule has 0 aliphatic rings. The highest BCUT2D eigenvalue weighted by Crippen LogP contribution is 2.13. The summed E-state index contributed by atoms with van der Waals surface area (Å²) in [5.74, 6) is -0.147. The van der Waals surface area contributed by atoms with E-state index in [0.29, 0.717) is 26.1 Å². The lowest BCUT2D eigenvalue weighted by molar-refractivity contribution is -0.154. The van der Waals surface area contributed by atoms with Gasteiger partial charge in [0.15, 0.2) is 0 Å². The zero-order valence-electron chi connectivity index (χ0n) is 19.9. The monoisotopic (exact) mass is 416 g/mol. The van der Waals surface area contributed by atoms with E-state index in [4.69, 9.17) is 9.47 Å². The summed E-state index contributed by atoms with van der Waals surface area (Å²) >= 11 is 0. The Hall–Kier alpha value is -1.61. The molecule has 1 rings (SSSR count). The third kappa shape index (κ3) is 15.3. The summed E-state index contributed by atoms with van der Waals surface area (Å²) in [5.41, 5.74) is 1.87. The number of hydrogen-bond donors (Lipinski definition) is 0. The number of unbranched alkanes of at least 4 members (excludes halogenated alkanes) is 8. The summed E-state index contributed by atoms with van der Waals surface area (Å²) in [6, 6.07) is 8.27. The van der Waals surface area contributed by atoms with Gasteiger partial charge >= 0.3 is 5.97 Å². The van der Waals surface area contributed by atoms with Gasteiger partial charge in [-0.25, -0.2) is 0 Å². The van der Waals surface area contributed by atoms with Gasteiger partial charge in [-0.05, 0) is 51.2 Å². The van der Waals surface area contributed by atoms with Gasteiger partial charge in [-0.15, -0.1) is 0 Å². The highest BCUT2D eigenvalue weighted by Gasteiger charge is 2.15. The number of hydrogen-bond acceptors (Lipinski definition) is 3. The predicted octanol–water partition coefficient (Wildman–Crippen LogP) is 7.56. The van der Waals surface area contributed by atoms with Crippen molar-refractivity contribution in [1.82, 2.24) is 0 Å². The number of benzene rings is 1. The summed E-state index contributed by atoms with van der Waals surface area (Å²) in [6.45, 7) is 9.20. The molecular weight excluding hydrogens is 372 g/mol. The van der Waals surface area contributed by atoms with Gasteiger partial charge in [0.25, 0.3) is 0 Å². The van der Waals surface area contributed by atoms with E-state index in [9.17, 15) is 4.79 Å². The molecule has 0 aliphatic carbocycles. The van der Waals surface area contributed by atoms with Crippen LogP contribution >= 0.6 is 0 Å². The van der Waals surface area contributed by atoms with Crippen molar-refractivity contribution >= 4 is 5.97 Å². The molecule has 0 aliphatic heterocycles. The van der Waals surface area contributed by atoms with Crippen LogP contribution in [-0.2, 0) is 27.3 Å². The summed E-state index contributed by atoms with van der Waals surface area (Å²) < 4.78 is 11.1. The Morgan fingerprint density at radius 2 is 1.60 bits per heavy atom. The van der Waals surface area contributed by atoms with Crippen molar-refractivity contribution in [1.29, 1.82) is 0 Å². The summed E-state index contributed by atoms with van der Waals surface area (Å²) in [4.78, 5) is 11.9. The van der Waals surface area contributed by atoms with Gasteiger partial charge in [0.2, 0.25) is 0 Å². The first-order chi connectivity index (χ1) is 14.4. The number of esters is 1. The largest absolute Gasteiger partial charge is 0.460 e. The average Bonchev–Trinajstić information content (AvgIpc) is 2.69. The SMILES string of the molecule is CCCCCCCCCC/C=C/COCc1cccc(CCC(=O)OC(C)(C)C)c1. The molecule has 3 nitrogen and oxygen atoms in total. The molecule has 0 heterocycles. The molecule has 1 aromatic rings. The molecule has 0 spiro atoms. The topological polar surface area (TPSA) is 35.5 Å². The molecule has 0 saturated carbocycles. The van der Waals surface area contributed by atoms with Crippen molar-refractivity contribution in [2.75, 3.05) is 6.61 Å². The van der Waals surface area contributed by atoms with Crippen LogP contribution < -0.4 is 0 Å². The van der Waals surface area contributed by atoms with E-state index >= 15 is 0 Å². The molecule has 0 radical (unpaired) electrons. The zero-order chi connectivity index (χ0) is 22.1. The van der Waals surface area contributed by atoms with Gasteiger partial charge < -0.3 is 9.47 Å². The fourth-order valence-corrected chi connectivity index (χ4v) is 3.34. The molecule has 0 saturated heterocycles. The molecule has 3 heteroatoms. The normalized spacial score (nSPS) is 11.9. The maximum atomic E-state index is 11.9. The minimum Gasteiger partial charge on any atom is -0.460 e. The van der Waals surface area contributed by atoms with Crippen LogP contribution in [0, 0.1) is 0 Å². The lowest BCUT2D eigenvalue weighted by Crippen LogP contribution is -2.24. The number of rotatable bonds is 16. The van der Waals surface area contributed by atoms with E-state index in [2.05, 4.69) is 37.3 Å². The minimum atomic E-state index is -0.422. The summed E-state index contributed by atoms with van der Waals surface area (Å²) in [5, 5.41) is 0. The van der Waals surface area contributed by atoms with Gasteiger partial charge in [0.1, 0.15) is 5.60 Å². The highest BCUT2D eigenvalue weighted by atomic mass is 16.6. The molecule has 0 fully saturated rings. The first-order valence-corrected chi connectivity index (χ1v) is 11.9. The van der Waals surface area contributed by atoms with Crippen LogP contribution in [0.5, 0.6) is 0 Å². The number of aryl methyl sites for hydroxylation is 1. The molecule has 0 N–H and O–H groups in total. The Morgan fingerprint density at radius 3 is 2.30 bits per heavy atom. The van der Waals surface area contributed by atoms with Crippen LogP contribution in [0.15, 0.2) is 36.4 Å². The predicted molar refractivity (Wildman–Crippen MR) is 127 cm³/mol. The third-order valence-electron chi connectivity index (χ3n) is 4.90. The second kappa shape index (κ2) is 16.1. The quantitative estimate of drug-likeness (QED) is 0.158. The van der Waals surface area contributed by atoms with Crippen molar-refractivity contribution in [2.24, 2.45) is 0 Å². The van der Waals surface area contributed by atoms with Crippen molar-refractivity contribution < 1.29 is 14.3 Å². The molecule has 0 bridgehead atoms. The van der Waals surface area contributed by atoms with E-state index in [1.165, 1.54) is 51.4 Å². The van der Waals surface area contributed by atoms with Crippen LogP contribution in [0.25, 0.3) is 0 Å². The average molecular weight is 417 g/mol. The second-order valence-corrected chi connectivity index (χ2v) is 9.16. The summed E-state index contributed by atoms with van der Waals surface area (Å²) in [7, 11) is 0. The Labute approximate surface area is 185 Å². The highest BCUT2D eigenvalue weighted by molar-refractivity contribution is 5.70. The first-order valence-electron chi connectivity index (χ1n) is 11.9. The van der Waals surface area contributed by atoms with Crippen LogP contribution in [-0.4, -0.2) is 18.2 Å². The standard InChI is InChI=1S/C27H44O3/c1-5-6-7-8-9-10-11-12-13-14-15-21-29-23-25-18-16-17-24(22-25)19-20-26(28)30-27(2,3)4/h14-18,22H,5-13,19-21,23H2,1-4H3/b15-14+. The van der Waals surface area contributed by atoms with Crippen LogP contribution in [0.1, 0.15) is 103 Å². The van der Waals surface area contributed by atoms with E-state index in [1.807, 2.05) is 26.8 Å². The maximum absolute atomic E-state index is 11.9. The maximum Gasteiger partial charge on any atom is 0.306 e. The number of carbonyl (C=O) groups excluding carboxylic acids is 1. The molecular formula is C27H44O3. The summed E-state index contributed by atoms with van der Waals surface area (Å²) in [6.07, 6.45) is 17.5. The Balaban J connectivity index is 2.11. The van der Waals surface area contributed by atoms with Gasteiger partial charge in [-0.1, -0.05) is 88.3 Å². The van der Waals surface area contributed by atoms with Crippen molar-refractivity contribution in [2.45, 2.75) is 111 Å². The fourth-order valence-electron chi connectivity index (χ4n) is 3.34. The Kier molecular flexibility index (Phi) is 14.2. The first kappa shape index (κ1) is 26.4. The Morgan fingerprint density at radius 1 is 0.933 bits per heavy atom. The van der Waals surface area contributed by atoms with E-state index in [-0.39, 0.29) is 5.97 Å².